The van der Waals surface area contributed by atoms with Crippen molar-refractivity contribution in [3.05, 3.63) is 20.3 Å². The number of rotatable bonds is 5. The predicted octanol–water partition coefficient (Wildman–Crippen LogP) is 3.04. The summed E-state index contributed by atoms with van der Waals surface area (Å²) in [7, 11) is 0. The van der Waals surface area contributed by atoms with E-state index in [0.717, 1.165) is 11.3 Å². The second-order valence-corrected chi connectivity index (χ2v) is 5.68. The van der Waals surface area contributed by atoms with Gasteiger partial charge in [-0.3, -0.25) is 4.79 Å². The van der Waals surface area contributed by atoms with Crippen LogP contribution in [0.15, 0.2) is 6.07 Å². The summed E-state index contributed by atoms with van der Waals surface area (Å²) in [6.07, 6.45) is 1.03. The smallest absolute Gasteiger partial charge is 0.326 e. The monoisotopic (exact) mass is 295 g/mol. The van der Waals surface area contributed by atoms with Crippen LogP contribution in [0, 0.1) is 0 Å². The molecule has 1 atom stereocenters. The number of thiophene rings is 1. The molecule has 0 bridgehead atoms. The summed E-state index contributed by atoms with van der Waals surface area (Å²) in [6, 6.07) is 0.525. The number of nitrogens with one attached hydrogen (secondary N) is 1. The lowest BCUT2D eigenvalue weighted by Gasteiger charge is -2.12. The number of hydrogen-bond acceptors (Lipinski definition) is 3. The molecule has 0 saturated heterocycles. The zero-order chi connectivity index (χ0) is 13.0. The molecule has 1 rings (SSSR count). The fraction of sp³-hybridized carbons (Fsp3) is 0.400. The molecule has 1 amide bonds. The number of carboxylic acids is 1. The molecule has 0 aliphatic rings. The fourth-order valence-electron chi connectivity index (χ4n) is 1.28. The molecule has 2 N–H and O–H groups in total. The normalized spacial score (nSPS) is 12.2. The Labute approximate surface area is 113 Å². The van der Waals surface area contributed by atoms with Gasteiger partial charge in [0.1, 0.15) is 10.4 Å². The molecule has 0 spiro atoms. The van der Waals surface area contributed by atoms with Crippen molar-refractivity contribution >= 4 is 46.4 Å². The molecule has 94 valence electrons. The summed E-state index contributed by atoms with van der Waals surface area (Å²) in [5.41, 5.74) is 0.212. The van der Waals surface area contributed by atoms with E-state index in [1.54, 1.807) is 0 Å². The van der Waals surface area contributed by atoms with E-state index in [4.69, 9.17) is 28.3 Å². The number of halogens is 2. The summed E-state index contributed by atoms with van der Waals surface area (Å²) in [6.45, 7) is 1.84. The van der Waals surface area contributed by atoms with Crippen molar-refractivity contribution in [1.29, 1.82) is 0 Å². The number of carboxylic acid groups (broad SMARTS) is 1. The van der Waals surface area contributed by atoms with Gasteiger partial charge in [-0.2, -0.15) is 0 Å². The van der Waals surface area contributed by atoms with E-state index >= 15 is 0 Å². The largest absolute Gasteiger partial charge is 0.480 e. The van der Waals surface area contributed by atoms with E-state index in [9.17, 15) is 9.59 Å². The van der Waals surface area contributed by atoms with Gasteiger partial charge in [0.05, 0.1) is 9.90 Å². The maximum absolute atomic E-state index is 11.8. The average Bonchev–Trinajstić information content (AvgIpc) is 2.57. The van der Waals surface area contributed by atoms with Crippen LogP contribution >= 0.6 is 34.5 Å². The highest BCUT2D eigenvalue weighted by Gasteiger charge is 2.22. The molecule has 7 heteroatoms. The first-order valence-corrected chi connectivity index (χ1v) is 6.51. The molecule has 1 heterocycles. The third-order valence-electron chi connectivity index (χ3n) is 2.08. The zero-order valence-electron chi connectivity index (χ0n) is 9.00. The second kappa shape index (κ2) is 6.23. The molecule has 0 fully saturated rings. The lowest BCUT2D eigenvalue weighted by Crippen LogP contribution is -2.40. The van der Waals surface area contributed by atoms with E-state index in [0.29, 0.717) is 17.2 Å². The highest BCUT2D eigenvalue weighted by Crippen LogP contribution is 2.31. The van der Waals surface area contributed by atoms with E-state index in [-0.39, 0.29) is 9.90 Å². The first-order chi connectivity index (χ1) is 7.95. The second-order valence-electron chi connectivity index (χ2n) is 3.39. The first kappa shape index (κ1) is 14.3. The Kier molecular flexibility index (Phi) is 5.24. The van der Waals surface area contributed by atoms with Crippen LogP contribution < -0.4 is 5.32 Å². The molecule has 0 aliphatic heterocycles. The molecule has 0 aromatic carbocycles. The van der Waals surface area contributed by atoms with Gasteiger partial charge in [-0.1, -0.05) is 36.5 Å². The SMILES string of the molecule is CCC[C@H](NC(=O)c1cc(Cl)sc1Cl)C(=O)O. The fourth-order valence-corrected chi connectivity index (χ4v) is 2.74. The Morgan fingerprint density at radius 2 is 2.18 bits per heavy atom. The standard InChI is InChI=1S/C10H11Cl2NO3S/c1-2-3-6(10(15)16)13-9(14)5-4-7(11)17-8(5)12/h4,6H,2-3H2,1H3,(H,13,14)(H,15,16)/t6-/m0/s1. The Morgan fingerprint density at radius 1 is 1.53 bits per heavy atom. The molecule has 0 aliphatic carbocycles. The van der Waals surface area contributed by atoms with Crippen LogP contribution in [0.3, 0.4) is 0 Å². The molecule has 0 saturated carbocycles. The maximum atomic E-state index is 11.8. The van der Waals surface area contributed by atoms with Gasteiger partial charge in [0.25, 0.3) is 5.91 Å². The van der Waals surface area contributed by atoms with E-state index < -0.39 is 17.9 Å². The summed E-state index contributed by atoms with van der Waals surface area (Å²) < 4.78 is 0.649. The van der Waals surface area contributed by atoms with Crippen LogP contribution in [0.4, 0.5) is 0 Å². The van der Waals surface area contributed by atoms with Crippen molar-refractivity contribution in [1.82, 2.24) is 5.32 Å². The molecule has 1 aromatic heterocycles. The molecule has 1 aromatic rings. The van der Waals surface area contributed by atoms with Gasteiger partial charge < -0.3 is 10.4 Å². The van der Waals surface area contributed by atoms with Gasteiger partial charge in [-0.05, 0) is 12.5 Å². The van der Waals surface area contributed by atoms with Gasteiger partial charge >= 0.3 is 5.97 Å². The number of carbonyl (C=O) groups is 2. The van der Waals surface area contributed by atoms with Crippen LogP contribution in [0.25, 0.3) is 0 Å². The van der Waals surface area contributed by atoms with Crippen molar-refractivity contribution in [3.63, 3.8) is 0 Å². The Hall–Kier alpha value is -0.780. The molecular weight excluding hydrogens is 285 g/mol. The molecular formula is C10H11Cl2NO3S. The number of hydrogen-bond donors (Lipinski definition) is 2. The third kappa shape index (κ3) is 3.87. The van der Waals surface area contributed by atoms with E-state index in [2.05, 4.69) is 5.32 Å². The third-order valence-corrected chi connectivity index (χ3v) is 3.57. The van der Waals surface area contributed by atoms with Crippen LogP contribution in [0.2, 0.25) is 8.67 Å². The van der Waals surface area contributed by atoms with Crippen molar-refractivity contribution in [2.75, 3.05) is 0 Å². The van der Waals surface area contributed by atoms with Crippen LogP contribution in [0.5, 0.6) is 0 Å². The van der Waals surface area contributed by atoms with Crippen molar-refractivity contribution < 1.29 is 14.7 Å². The minimum Gasteiger partial charge on any atom is -0.480 e. The molecule has 4 nitrogen and oxygen atoms in total. The van der Waals surface area contributed by atoms with Crippen molar-refractivity contribution in [2.24, 2.45) is 0 Å². The van der Waals surface area contributed by atoms with Gasteiger partial charge in [-0.15, -0.1) is 11.3 Å². The number of carbonyl (C=O) groups excluding carboxylic acids is 1. The van der Waals surface area contributed by atoms with Crippen LogP contribution in [0.1, 0.15) is 30.1 Å². The Bertz CT molecular complexity index is 433. The predicted molar refractivity (Wildman–Crippen MR) is 68.1 cm³/mol. The zero-order valence-corrected chi connectivity index (χ0v) is 11.3. The molecule has 0 radical (unpaired) electrons. The van der Waals surface area contributed by atoms with Crippen LogP contribution in [-0.2, 0) is 4.79 Å². The van der Waals surface area contributed by atoms with Crippen molar-refractivity contribution in [3.8, 4) is 0 Å². The minimum absolute atomic E-state index is 0.212. The van der Waals surface area contributed by atoms with E-state index in [1.165, 1.54) is 6.07 Å². The van der Waals surface area contributed by atoms with E-state index in [1.807, 2.05) is 6.92 Å². The summed E-state index contributed by atoms with van der Waals surface area (Å²) >= 11 is 12.6. The Morgan fingerprint density at radius 3 is 2.59 bits per heavy atom. The van der Waals surface area contributed by atoms with Gasteiger partial charge in [0.15, 0.2) is 0 Å². The summed E-state index contributed by atoms with van der Waals surface area (Å²) in [5.74, 6) is -1.57. The van der Waals surface area contributed by atoms with Gasteiger partial charge in [0.2, 0.25) is 0 Å². The summed E-state index contributed by atoms with van der Waals surface area (Å²) in [4.78, 5) is 22.6. The number of aliphatic carboxylic acids is 1. The lowest BCUT2D eigenvalue weighted by molar-refractivity contribution is -0.139. The first-order valence-electron chi connectivity index (χ1n) is 4.94. The maximum Gasteiger partial charge on any atom is 0.326 e. The molecule has 0 unspecified atom stereocenters. The minimum atomic E-state index is -1.06. The van der Waals surface area contributed by atoms with Gasteiger partial charge in [-0.25, -0.2) is 4.79 Å². The van der Waals surface area contributed by atoms with Crippen molar-refractivity contribution in [2.45, 2.75) is 25.8 Å². The topological polar surface area (TPSA) is 66.4 Å². The average molecular weight is 296 g/mol. The lowest BCUT2D eigenvalue weighted by atomic mass is 10.1. The highest BCUT2D eigenvalue weighted by atomic mass is 35.5. The van der Waals surface area contributed by atoms with Gasteiger partial charge in [0, 0.05) is 0 Å². The summed E-state index contributed by atoms with van der Waals surface area (Å²) in [5, 5.41) is 11.3. The highest BCUT2D eigenvalue weighted by molar-refractivity contribution is 7.20. The van der Waals surface area contributed by atoms with Crippen LogP contribution in [-0.4, -0.2) is 23.0 Å². The number of amides is 1. The quantitative estimate of drug-likeness (QED) is 0.877. The Balaban J connectivity index is 2.77. The molecule has 17 heavy (non-hydrogen) atoms.